The van der Waals surface area contributed by atoms with Crippen LogP contribution in [0.3, 0.4) is 0 Å². The van der Waals surface area contributed by atoms with Crippen LogP contribution in [0.2, 0.25) is 0 Å². The van der Waals surface area contributed by atoms with E-state index in [0.29, 0.717) is 4.47 Å². The van der Waals surface area contributed by atoms with Gasteiger partial charge in [-0.2, -0.15) is 4.31 Å². The fraction of sp³-hybridized carbons (Fsp3) is 0.364. The summed E-state index contributed by atoms with van der Waals surface area (Å²) in [4.78, 5) is 20.7. The number of benzene rings is 1. The molecule has 0 aromatic heterocycles. The number of nitrogens with zero attached hydrogens (tertiary/aromatic N) is 2. The SMILES string of the molecule is O=C(O)C1CCN(S(=O)(=O)c2cc(Br)ccc2[N+](=O)[O-])C1. The number of hydrogen-bond acceptors (Lipinski definition) is 5. The Morgan fingerprint density at radius 2 is 2.14 bits per heavy atom. The van der Waals surface area contributed by atoms with Gasteiger partial charge >= 0.3 is 5.97 Å². The van der Waals surface area contributed by atoms with Crippen LogP contribution in [-0.4, -0.2) is 41.8 Å². The highest BCUT2D eigenvalue weighted by molar-refractivity contribution is 9.10. The van der Waals surface area contributed by atoms with Crippen LogP contribution < -0.4 is 0 Å². The van der Waals surface area contributed by atoms with Crippen LogP contribution in [0, 0.1) is 16.0 Å². The van der Waals surface area contributed by atoms with Crippen LogP contribution in [0.1, 0.15) is 6.42 Å². The second-order valence-electron chi connectivity index (χ2n) is 4.56. The van der Waals surface area contributed by atoms with Crippen molar-refractivity contribution in [2.75, 3.05) is 13.1 Å². The molecule has 0 bridgehead atoms. The molecular formula is C11H11BrN2O6S. The van der Waals surface area contributed by atoms with Crippen LogP contribution in [0.25, 0.3) is 0 Å². The third-order valence-corrected chi connectivity index (χ3v) is 5.62. The Balaban J connectivity index is 2.43. The predicted molar refractivity (Wildman–Crippen MR) is 75.3 cm³/mol. The molecule has 1 atom stereocenters. The van der Waals surface area contributed by atoms with Gasteiger partial charge in [0.1, 0.15) is 0 Å². The minimum Gasteiger partial charge on any atom is -0.481 e. The average molecular weight is 379 g/mol. The maximum Gasteiger partial charge on any atom is 0.307 e. The second kappa shape index (κ2) is 5.70. The van der Waals surface area contributed by atoms with E-state index < -0.39 is 37.4 Å². The quantitative estimate of drug-likeness (QED) is 0.625. The molecule has 1 fully saturated rings. The molecule has 0 amide bonds. The second-order valence-corrected chi connectivity index (χ2v) is 7.38. The van der Waals surface area contributed by atoms with Gasteiger partial charge in [-0.15, -0.1) is 0 Å². The van der Waals surface area contributed by atoms with Crippen molar-refractivity contribution in [3.63, 3.8) is 0 Å². The van der Waals surface area contributed by atoms with Crippen LogP contribution in [0.4, 0.5) is 5.69 Å². The van der Waals surface area contributed by atoms with Crippen molar-refractivity contribution < 1.29 is 23.2 Å². The summed E-state index contributed by atoms with van der Waals surface area (Å²) < 4.78 is 26.3. The van der Waals surface area contributed by atoms with E-state index in [1.807, 2.05) is 0 Å². The van der Waals surface area contributed by atoms with Gasteiger partial charge in [-0.25, -0.2) is 8.42 Å². The number of sulfonamides is 1. The minimum atomic E-state index is -4.10. The van der Waals surface area contributed by atoms with Crippen LogP contribution in [0.5, 0.6) is 0 Å². The first kappa shape index (κ1) is 15.9. The first-order valence-corrected chi connectivity index (χ1v) is 8.13. The highest BCUT2D eigenvalue weighted by Gasteiger charge is 2.38. The molecule has 1 aliphatic rings. The van der Waals surface area contributed by atoms with Crippen molar-refractivity contribution in [2.24, 2.45) is 5.92 Å². The van der Waals surface area contributed by atoms with E-state index in [4.69, 9.17) is 5.11 Å². The number of hydrogen-bond donors (Lipinski definition) is 1. The molecule has 21 heavy (non-hydrogen) atoms. The van der Waals surface area contributed by atoms with Crippen molar-refractivity contribution in [3.8, 4) is 0 Å². The molecule has 1 unspecified atom stereocenters. The van der Waals surface area contributed by atoms with Gasteiger partial charge < -0.3 is 5.11 Å². The summed E-state index contributed by atoms with van der Waals surface area (Å²) in [5.41, 5.74) is -0.531. The number of rotatable bonds is 4. The van der Waals surface area contributed by atoms with E-state index in [1.165, 1.54) is 6.07 Å². The fourth-order valence-corrected chi connectivity index (χ4v) is 4.33. The van der Waals surface area contributed by atoms with Gasteiger partial charge in [0.25, 0.3) is 5.69 Å². The molecule has 0 spiro atoms. The molecule has 0 aliphatic carbocycles. The number of aliphatic carboxylic acids is 1. The Hall–Kier alpha value is -1.52. The largest absolute Gasteiger partial charge is 0.481 e. The molecule has 2 rings (SSSR count). The monoisotopic (exact) mass is 378 g/mol. The van der Waals surface area contributed by atoms with Crippen molar-refractivity contribution in [1.29, 1.82) is 0 Å². The van der Waals surface area contributed by atoms with E-state index in [1.54, 1.807) is 0 Å². The maximum absolute atomic E-state index is 12.5. The molecule has 8 nitrogen and oxygen atoms in total. The molecule has 1 saturated heterocycles. The van der Waals surface area contributed by atoms with E-state index in [9.17, 15) is 23.3 Å². The number of carbonyl (C=O) groups is 1. The van der Waals surface area contributed by atoms with Crippen LogP contribution in [-0.2, 0) is 14.8 Å². The molecule has 0 radical (unpaired) electrons. The van der Waals surface area contributed by atoms with E-state index >= 15 is 0 Å². The Labute approximate surface area is 128 Å². The molecule has 1 heterocycles. The lowest BCUT2D eigenvalue weighted by atomic mass is 10.1. The number of carboxylic acids is 1. The third kappa shape index (κ3) is 3.06. The van der Waals surface area contributed by atoms with Gasteiger partial charge in [-0.05, 0) is 18.6 Å². The smallest absolute Gasteiger partial charge is 0.307 e. The molecule has 1 N–H and O–H groups in total. The Morgan fingerprint density at radius 3 is 2.67 bits per heavy atom. The zero-order chi connectivity index (χ0) is 15.8. The summed E-state index contributed by atoms with van der Waals surface area (Å²) in [6.45, 7) is -0.149. The van der Waals surface area contributed by atoms with Crippen molar-refractivity contribution in [3.05, 3.63) is 32.8 Å². The van der Waals surface area contributed by atoms with E-state index in [-0.39, 0.29) is 19.5 Å². The summed E-state index contributed by atoms with van der Waals surface area (Å²) in [5, 5.41) is 19.9. The normalized spacial score (nSPS) is 19.6. The Morgan fingerprint density at radius 1 is 1.48 bits per heavy atom. The summed E-state index contributed by atoms with van der Waals surface area (Å²) in [6, 6.07) is 3.63. The predicted octanol–water partition coefficient (Wildman–Crippen LogP) is 1.45. The maximum atomic E-state index is 12.5. The van der Waals surface area contributed by atoms with Crippen molar-refractivity contribution >= 4 is 37.6 Å². The van der Waals surface area contributed by atoms with Gasteiger partial charge in [0, 0.05) is 23.6 Å². The summed E-state index contributed by atoms with van der Waals surface area (Å²) in [6.07, 6.45) is 0.191. The lowest BCUT2D eigenvalue weighted by Gasteiger charge is -2.16. The van der Waals surface area contributed by atoms with E-state index in [2.05, 4.69) is 15.9 Å². The van der Waals surface area contributed by atoms with Gasteiger partial charge in [0.05, 0.1) is 10.8 Å². The van der Waals surface area contributed by atoms with Crippen molar-refractivity contribution in [2.45, 2.75) is 11.3 Å². The number of nitro benzene ring substituents is 1. The molecule has 1 aromatic carbocycles. The Kier molecular flexibility index (Phi) is 4.30. The number of nitro groups is 1. The van der Waals surface area contributed by atoms with Gasteiger partial charge in [0.2, 0.25) is 10.0 Å². The highest BCUT2D eigenvalue weighted by Crippen LogP contribution is 2.32. The first-order chi connectivity index (χ1) is 9.73. The fourth-order valence-electron chi connectivity index (χ4n) is 2.13. The zero-order valence-electron chi connectivity index (χ0n) is 10.6. The summed E-state index contributed by atoms with van der Waals surface area (Å²) in [5.74, 6) is -1.86. The summed E-state index contributed by atoms with van der Waals surface area (Å²) >= 11 is 3.08. The lowest BCUT2D eigenvalue weighted by Crippen LogP contribution is -2.30. The number of halogens is 1. The molecule has 114 valence electrons. The first-order valence-electron chi connectivity index (χ1n) is 5.90. The average Bonchev–Trinajstić information content (AvgIpc) is 2.88. The standard InChI is InChI=1S/C11H11BrN2O6S/c12-8-1-2-9(14(17)18)10(5-8)21(19,20)13-4-3-7(6-13)11(15)16/h1-2,5,7H,3-4,6H2,(H,15,16). The summed E-state index contributed by atoms with van der Waals surface area (Å²) in [7, 11) is -4.10. The van der Waals surface area contributed by atoms with Gasteiger partial charge in [0.15, 0.2) is 4.90 Å². The topological polar surface area (TPSA) is 118 Å². The van der Waals surface area contributed by atoms with E-state index in [0.717, 1.165) is 16.4 Å². The molecule has 0 saturated carbocycles. The minimum absolute atomic E-state index is 0.0307. The van der Waals surface area contributed by atoms with Crippen molar-refractivity contribution in [1.82, 2.24) is 4.31 Å². The third-order valence-electron chi connectivity index (χ3n) is 3.24. The molecule has 1 aliphatic heterocycles. The highest BCUT2D eigenvalue weighted by atomic mass is 79.9. The number of carboxylic acid groups (broad SMARTS) is 1. The van der Waals surface area contributed by atoms with Gasteiger partial charge in [-0.1, -0.05) is 15.9 Å². The lowest BCUT2D eigenvalue weighted by molar-refractivity contribution is -0.387. The molecule has 10 heteroatoms. The molecule has 1 aromatic rings. The van der Waals surface area contributed by atoms with Gasteiger partial charge in [-0.3, -0.25) is 14.9 Å². The molecular weight excluding hydrogens is 368 g/mol. The van der Waals surface area contributed by atoms with Crippen LogP contribution in [0.15, 0.2) is 27.6 Å². The van der Waals surface area contributed by atoms with Crippen LogP contribution >= 0.6 is 15.9 Å². The Bertz CT molecular complexity index is 705. The zero-order valence-corrected chi connectivity index (χ0v) is 13.0.